The minimum Gasteiger partial charge on any atom is -0.378 e. The molecule has 3 aliphatic carbocycles. The lowest BCUT2D eigenvalue weighted by Gasteiger charge is -2.55. The molecule has 0 aromatic rings. The summed E-state index contributed by atoms with van der Waals surface area (Å²) in [5.41, 5.74) is 0.0869. The van der Waals surface area contributed by atoms with Crippen molar-refractivity contribution in [3.63, 3.8) is 0 Å². The number of hydrogen-bond acceptors (Lipinski definition) is 4. The van der Waals surface area contributed by atoms with E-state index in [-0.39, 0.29) is 5.41 Å². The van der Waals surface area contributed by atoms with E-state index in [0.717, 1.165) is 38.2 Å². The van der Waals surface area contributed by atoms with E-state index in [1.807, 2.05) is 6.92 Å². The molecule has 4 heteroatoms. The van der Waals surface area contributed by atoms with Crippen LogP contribution in [0.1, 0.15) is 91.9 Å². The predicted octanol–water partition coefficient (Wildman–Crippen LogP) is 5.53. The molecule has 6 atom stereocenters. The topological polar surface area (TPSA) is 44.8 Å². The summed E-state index contributed by atoms with van der Waals surface area (Å²) < 4.78 is 18.1. The van der Waals surface area contributed by atoms with Crippen LogP contribution >= 0.6 is 0 Å². The fraction of sp³-hybridized carbons (Fsp3) is 0.960. The van der Waals surface area contributed by atoms with Gasteiger partial charge in [-0.15, -0.1) is 0 Å². The lowest BCUT2D eigenvalue weighted by molar-refractivity contribution is -0.166. The molecule has 0 amide bonds. The second kappa shape index (κ2) is 8.24. The van der Waals surface area contributed by atoms with Gasteiger partial charge in [0.05, 0.1) is 19.3 Å². The van der Waals surface area contributed by atoms with Gasteiger partial charge in [-0.1, -0.05) is 27.2 Å². The summed E-state index contributed by atoms with van der Waals surface area (Å²) in [6, 6.07) is 0. The number of fused-ring (bicyclic) bond motifs is 3. The number of ketones is 1. The van der Waals surface area contributed by atoms with Crippen molar-refractivity contribution in [3.05, 3.63) is 0 Å². The molecular formula is C25H42O4. The second-order valence-corrected chi connectivity index (χ2v) is 10.9. The zero-order chi connectivity index (χ0) is 20.7. The summed E-state index contributed by atoms with van der Waals surface area (Å²) >= 11 is 0. The Balaban J connectivity index is 1.47. The van der Waals surface area contributed by atoms with Crippen molar-refractivity contribution in [3.8, 4) is 0 Å². The Kier molecular flexibility index (Phi) is 6.18. The molecule has 0 aromatic carbocycles. The van der Waals surface area contributed by atoms with Crippen molar-refractivity contribution in [1.82, 2.24) is 0 Å². The largest absolute Gasteiger partial charge is 0.378 e. The first kappa shape index (κ1) is 21.8. The number of Topliss-reactive ketones (excluding diaryl/α,β-unsaturated/α-hetero) is 1. The van der Waals surface area contributed by atoms with Crippen LogP contribution < -0.4 is 0 Å². The number of ether oxygens (including phenoxy) is 3. The fourth-order valence-corrected chi connectivity index (χ4v) is 7.38. The van der Waals surface area contributed by atoms with Crippen LogP contribution in [0.3, 0.4) is 0 Å². The Hall–Kier alpha value is -0.450. The van der Waals surface area contributed by atoms with Crippen molar-refractivity contribution < 1.29 is 19.0 Å². The minimum absolute atomic E-state index is 0.219. The molecule has 1 saturated heterocycles. The molecule has 4 rings (SSSR count). The Morgan fingerprint density at radius 1 is 1.00 bits per heavy atom. The smallest absolute Gasteiger partial charge is 0.165 e. The maximum absolute atomic E-state index is 13.2. The van der Waals surface area contributed by atoms with Crippen molar-refractivity contribution in [2.75, 3.05) is 19.8 Å². The third-order valence-corrected chi connectivity index (χ3v) is 9.32. The highest BCUT2D eigenvalue weighted by Gasteiger charge is 2.60. The molecule has 1 aliphatic heterocycles. The summed E-state index contributed by atoms with van der Waals surface area (Å²) in [4.78, 5) is 13.2. The zero-order valence-corrected chi connectivity index (χ0v) is 19.1. The molecule has 0 aromatic heterocycles. The minimum atomic E-state index is -0.495. The Morgan fingerprint density at radius 3 is 2.48 bits per heavy atom. The third kappa shape index (κ3) is 3.83. The van der Waals surface area contributed by atoms with Crippen LogP contribution in [0.15, 0.2) is 0 Å². The van der Waals surface area contributed by atoms with Crippen LogP contribution in [0.5, 0.6) is 0 Å². The van der Waals surface area contributed by atoms with Gasteiger partial charge in [-0.3, -0.25) is 4.79 Å². The summed E-state index contributed by atoms with van der Waals surface area (Å²) in [7, 11) is 0. The zero-order valence-electron chi connectivity index (χ0n) is 19.1. The van der Waals surface area contributed by atoms with Gasteiger partial charge >= 0.3 is 0 Å². The highest BCUT2D eigenvalue weighted by molar-refractivity contribution is 5.85. The second-order valence-electron chi connectivity index (χ2n) is 10.9. The molecule has 29 heavy (non-hydrogen) atoms. The quantitative estimate of drug-likeness (QED) is 0.522. The Morgan fingerprint density at radius 2 is 1.76 bits per heavy atom. The molecule has 2 unspecified atom stereocenters. The van der Waals surface area contributed by atoms with E-state index >= 15 is 0 Å². The number of unbranched alkanes of at least 4 members (excludes halogenated alkanes) is 1. The monoisotopic (exact) mass is 406 g/mol. The van der Waals surface area contributed by atoms with Gasteiger partial charge in [0.15, 0.2) is 5.79 Å². The van der Waals surface area contributed by atoms with E-state index in [0.29, 0.717) is 42.4 Å². The van der Waals surface area contributed by atoms with Crippen LogP contribution in [0, 0.1) is 28.6 Å². The highest BCUT2D eigenvalue weighted by atomic mass is 16.7. The summed E-state index contributed by atoms with van der Waals surface area (Å²) in [6.07, 6.45) is 11.2. The van der Waals surface area contributed by atoms with E-state index in [4.69, 9.17) is 14.2 Å². The van der Waals surface area contributed by atoms with Crippen LogP contribution in [0.25, 0.3) is 0 Å². The van der Waals surface area contributed by atoms with Crippen LogP contribution in [-0.2, 0) is 19.0 Å². The molecule has 4 aliphatic rings. The molecule has 4 nitrogen and oxygen atoms in total. The SMILES string of the molecule is CCCCO[C@@H]1CCC2C3CCC(=O)[C@@](C)(CCC4(C)OCCO4)[C@@H]3CC[C@]21C. The highest BCUT2D eigenvalue weighted by Crippen LogP contribution is 2.63. The van der Waals surface area contributed by atoms with E-state index < -0.39 is 5.79 Å². The van der Waals surface area contributed by atoms with Gasteiger partial charge in [0, 0.05) is 24.9 Å². The lowest BCUT2D eigenvalue weighted by atomic mass is 9.49. The van der Waals surface area contributed by atoms with Gasteiger partial charge in [0.25, 0.3) is 0 Å². The molecule has 3 saturated carbocycles. The van der Waals surface area contributed by atoms with Crippen molar-refractivity contribution in [2.45, 2.75) is 104 Å². The first-order chi connectivity index (χ1) is 13.8. The number of carbonyl (C=O) groups excluding carboxylic acids is 1. The Labute approximate surface area is 177 Å². The summed E-state index contributed by atoms with van der Waals surface area (Å²) in [6.45, 7) is 11.3. The van der Waals surface area contributed by atoms with Crippen molar-refractivity contribution in [2.24, 2.45) is 28.6 Å². The van der Waals surface area contributed by atoms with E-state index in [1.54, 1.807) is 0 Å². The predicted molar refractivity (Wildman–Crippen MR) is 114 cm³/mol. The molecule has 0 bridgehead atoms. The van der Waals surface area contributed by atoms with Crippen LogP contribution in [0.4, 0.5) is 0 Å². The van der Waals surface area contributed by atoms with E-state index in [2.05, 4.69) is 20.8 Å². The molecule has 0 N–H and O–H groups in total. The van der Waals surface area contributed by atoms with Crippen LogP contribution in [-0.4, -0.2) is 37.5 Å². The van der Waals surface area contributed by atoms with E-state index in [9.17, 15) is 4.79 Å². The van der Waals surface area contributed by atoms with Crippen molar-refractivity contribution >= 4 is 5.78 Å². The molecule has 0 radical (unpaired) electrons. The normalized spacial score (nSPS) is 43.9. The number of hydrogen-bond donors (Lipinski definition) is 0. The average Bonchev–Trinajstić information content (AvgIpc) is 3.28. The first-order valence-corrected chi connectivity index (χ1v) is 12.3. The lowest BCUT2D eigenvalue weighted by Crippen LogP contribution is -2.53. The van der Waals surface area contributed by atoms with Gasteiger partial charge in [-0.2, -0.15) is 0 Å². The molecule has 0 spiro atoms. The van der Waals surface area contributed by atoms with Crippen LogP contribution in [0.2, 0.25) is 0 Å². The van der Waals surface area contributed by atoms with Gasteiger partial charge in [0.2, 0.25) is 0 Å². The van der Waals surface area contributed by atoms with Gasteiger partial charge < -0.3 is 14.2 Å². The fourth-order valence-electron chi connectivity index (χ4n) is 7.38. The average molecular weight is 407 g/mol. The van der Waals surface area contributed by atoms with Gasteiger partial charge in [-0.25, -0.2) is 0 Å². The Bertz CT molecular complexity index is 598. The van der Waals surface area contributed by atoms with Gasteiger partial charge in [0.1, 0.15) is 5.78 Å². The summed E-state index contributed by atoms with van der Waals surface area (Å²) in [5.74, 6) is 1.90. The van der Waals surface area contributed by atoms with Crippen molar-refractivity contribution in [1.29, 1.82) is 0 Å². The molecule has 1 heterocycles. The van der Waals surface area contributed by atoms with Gasteiger partial charge in [-0.05, 0) is 75.0 Å². The maximum Gasteiger partial charge on any atom is 0.165 e. The molecule has 4 fully saturated rings. The van der Waals surface area contributed by atoms with E-state index in [1.165, 1.54) is 38.5 Å². The number of rotatable bonds is 7. The molecular weight excluding hydrogens is 364 g/mol. The summed E-state index contributed by atoms with van der Waals surface area (Å²) in [5, 5.41) is 0. The molecule has 166 valence electrons. The third-order valence-electron chi connectivity index (χ3n) is 9.32. The first-order valence-electron chi connectivity index (χ1n) is 12.3. The maximum atomic E-state index is 13.2. The number of carbonyl (C=O) groups is 1. The standard InChI is InChI=1S/C25H42O4/c1-5-6-15-27-22-10-8-19-18-7-9-21(26)23(2,20(18)11-12-24(19,22)3)13-14-25(4)28-16-17-29-25/h18-20,22H,5-17H2,1-4H3/t18?,19?,20-,22-,23+,24-/m1/s1.